The topological polar surface area (TPSA) is 126 Å². The van der Waals surface area contributed by atoms with Crippen molar-refractivity contribution in [1.82, 2.24) is 20.1 Å². The van der Waals surface area contributed by atoms with Gasteiger partial charge in [0, 0.05) is 38.4 Å². The molecule has 4 rings (SSSR count). The van der Waals surface area contributed by atoms with Crippen LogP contribution in [-0.2, 0) is 0 Å². The minimum Gasteiger partial charge on any atom is -0.360 e. The minimum absolute atomic E-state index is 0.0791. The summed E-state index contributed by atoms with van der Waals surface area (Å²) in [5.74, 6) is 2.19. The second-order valence-corrected chi connectivity index (χ2v) is 6.26. The normalized spacial score (nSPS) is 14.2. The van der Waals surface area contributed by atoms with E-state index in [1.54, 1.807) is 19.2 Å². The van der Waals surface area contributed by atoms with Crippen molar-refractivity contribution in [2.75, 3.05) is 41.3 Å². The zero-order valence-corrected chi connectivity index (χ0v) is 15.1. The number of aryl methyl sites for hydroxylation is 1. The van der Waals surface area contributed by atoms with Crippen molar-refractivity contribution in [3.05, 3.63) is 52.7 Å². The first-order valence-electron chi connectivity index (χ1n) is 8.72. The number of nitro groups is 1. The molecule has 1 N–H and O–H groups in total. The molecule has 0 saturated carbocycles. The highest BCUT2D eigenvalue weighted by molar-refractivity contribution is 5.73. The van der Waals surface area contributed by atoms with E-state index in [9.17, 15) is 10.1 Å². The fourth-order valence-corrected chi connectivity index (χ4v) is 3.10. The van der Waals surface area contributed by atoms with E-state index in [4.69, 9.17) is 4.52 Å². The van der Waals surface area contributed by atoms with Crippen molar-refractivity contribution in [2.45, 2.75) is 6.92 Å². The van der Waals surface area contributed by atoms with Gasteiger partial charge in [0.25, 0.3) is 0 Å². The Morgan fingerprint density at radius 2 is 1.93 bits per heavy atom. The second kappa shape index (κ2) is 7.47. The van der Waals surface area contributed by atoms with Gasteiger partial charge in [0.05, 0.1) is 4.92 Å². The molecular formula is C17H18N8O3. The Balaban J connectivity index is 1.56. The zero-order chi connectivity index (χ0) is 19.5. The highest BCUT2D eigenvalue weighted by Crippen LogP contribution is 2.34. The van der Waals surface area contributed by atoms with Crippen LogP contribution >= 0.6 is 0 Å². The molecule has 0 bridgehead atoms. The van der Waals surface area contributed by atoms with Gasteiger partial charge < -0.3 is 19.6 Å². The monoisotopic (exact) mass is 382 g/mol. The van der Waals surface area contributed by atoms with Crippen LogP contribution in [-0.4, -0.2) is 51.2 Å². The first-order chi connectivity index (χ1) is 13.6. The summed E-state index contributed by atoms with van der Waals surface area (Å²) in [5.41, 5.74) is -0.186. The summed E-state index contributed by atoms with van der Waals surface area (Å²) in [6.45, 7) is 4.26. The second-order valence-electron chi connectivity index (χ2n) is 6.26. The minimum atomic E-state index is -0.476. The lowest BCUT2D eigenvalue weighted by Gasteiger charge is -2.35. The molecule has 11 nitrogen and oxygen atoms in total. The van der Waals surface area contributed by atoms with Gasteiger partial charge in [0.2, 0.25) is 11.6 Å². The SMILES string of the molecule is Cc1cc(Nc2ncnc(N3CCN(c4ccccn4)CC3)c2[N+](=O)[O-])no1. The molecule has 1 aliphatic rings. The molecule has 4 heterocycles. The number of piperazine rings is 1. The van der Waals surface area contributed by atoms with Crippen molar-refractivity contribution >= 4 is 29.0 Å². The quantitative estimate of drug-likeness (QED) is 0.518. The van der Waals surface area contributed by atoms with Crippen molar-refractivity contribution in [3.63, 3.8) is 0 Å². The maximum Gasteiger partial charge on any atom is 0.353 e. The molecule has 0 atom stereocenters. The van der Waals surface area contributed by atoms with Gasteiger partial charge in [-0.2, -0.15) is 0 Å². The van der Waals surface area contributed by atoms with E-state index in [0.29, 0.717) is 37.8 Å². The molecule has 0 aliphatic carbocycles. The Labute approximate surface area is 160 Å². The van der Waals surface area contributed by atoms with Crippen LogP contribution in [0.15, 0.2) is 41.3 Å². The van der Waals surface area contributed by atoms with E-state index in [0.717, 1.165) is 5.82 Å². The molecule has 11 heteroatoms. The molecule has 3 aromatic rings. The third-order valence-corrected chi connectivity index (χ3v) is 4.41. The fraction of sp³-hybridized carbons (Fsp3) is 0.294. The Hall–Kier alpha value is -3.76. The van der Waals surface area contributed by atoms with Crippen LogP contribution in [0.2, 0.25) is 0 Å². The summed E-state index contributed by atoms with van der Waals surface area (Å²) in [7, 11) is 0. The van der Waals surface area contributed by atoms with Gasteiger partial charge in [-0.25, -0.2) is 15.0 Å². The van der Waals surface area contributed by atoms with Crippen LogP contribution in [0.4, 0.5) is 29.0 Å². The first-order valence-corrected chi connectivity index (χ1v) is 8.72. The molecule has 144 valence electrons. The van der Waals surface area contributed by atoms with Crippen LogP contribution < -0.4 is 15.1 Å². The summed E-state index contributed by atoms with van der Waals surface area (Å²) in [4.78, 5) is 27.9. The number of pyridine rings is 1. The van der Waals surface area contributed by atoms with E-state index < -0.39 is 4.92 Å². The number of rotatable bonds is 5. The summed E-state index contributed by atoms with van der Waals surface area (Å²) < 4.78 is 4.99. The van der Waals surface area contributed by atoms with E-state index in [-0.39, 0.29) is 17.3 Å². The lowest BCUT2D eigenvalue weighted by Crippen LogP contribution is -2.47. The Morgan fingerprint density at radius 1 is 1.14 bits per heavy atom. The molecular weight excluding hydrogens is 364 g/mol. The van der Waals surface area contributed by atoms with Crippen molar-refractivity contribution in [1.29, 1.82) is 0 Å². The van der Waals surface area contributed by atoms with Crippen LogP contribution in [0.3, 0.4) is 0 Å². The van der Waals surface area contributed by atoms with Crippen molar-refractivity contribution < 1.29 is 9.45 Å². The van der Waals surface area contributed by atoms with Crippen LogP contribution in [0.1, 0.15) is 5.76 Å². The van der Waals surface area contributed by atoms with Gasteiger partial charge in [0.15, 0.2) is 5.82 Å². The zero-order valence-electron chi connectivity index (χ0n) is 15.1. The van der Waals surface area contributed by atoms with E-state index >= 15 is 0 Å². The third-order valence-electron chi connectivity index (χ3n) is 4.41. The summed E-state index contributed by atoms with van der Waals surface area (Å²) in [6, 6.07) is 7.39. The van der Waals surface area contributed by atoms with Crippen LogP contribution in [0, 0.1) is 17.0 Å². The number of aromatic nitrogens is 4. The third kappa shape index (κ3) is 3.54. The molecule has 0 radical (unpaired) electrons. The Morgan fingerprint density at radius 3 is 2.57 bits per heavy atom. The molecule has 1 saturated heterocycles. The van der Waals surface area contributed by atoms with Crippen molar-refractivity contribution in [2.24, 2.45) is 0 Å². The summed E-state index contributed by atoms with van der Waals surface area (Å²) in [6.07, 6.45) is 3.06. The standard InChI is InChI=1S/C17H18N8O3/c1-12-10-13(22-28-12)21-16-15(25(26)27)17(20-11-19-16)24-8-6-23(7-9-24)14-4-2-3-5-18-14/h2-5,10-11H,6-9H2,1H3,(H,19,20,21,22). The van der Waals surface area contributed by atoms with Gasteiger partial charge in [0.1, 0.15) is 17.9 Å². The first kappa shape index (κ1) is 17.6. The fourth-order valence-electron chi connectivity index (χ4n) is 3.10. The Kier molecular flexibility index (Phi) is 4.70. The average Bonchev–Trinajstić information content (AvgIpc) is 3.13. The van der Waals surface area contributed by atoms with E-state index in [1.165, 1.54) is 6.33 Å². The Bertz CT molecular complexity index is 970. The van der Waals surface area contributed by atoms with Gasteiger partial charge in [-0.15, -0.1) is 0 Å². The molecule has 0 aromatic carbocycles. The molecule has 1 fully saturated rings. The van der Waals surface area contributed by atoms with E-state index in [2.05, 4.69) is 30.3 Å². The van der Waals surface area contributed by atoms with Crippen LogP contribution in [0.5, 0.6) is 0 Å². The van der Waals surface area contributed by atoms with Crippen LogP contribution in [0.25, 0.3) is 0 Å². The molecule has 1 aliphatic heterocycles. The predicted molar refractivity (Wildman–Crippen MR) is 102 cm³/mol. The van der Waals surface area contributed by atoms with Gasteiger partial charge in [-0.3, -0.25) is 10.1 Å². The van der Waals surface area contributed by atoms with Gasteiger partial charge in [-0.05, 0) is 19.1 Å². The smallest absolute Gasteiger partial charge is 0.353 e. The predicted octanol–water partition coefficient (Wildman–Crippen LogP) is 2.15. The average molecular weight is 382 g/mol. The molecule has 0 spiro atoms. The van der Waals surface area contributed by atoms with Gasteiger partial charge >= 0.3 is 5.69 Å². The highest BCUT2D eigenvalue weighted by Gasteiger charge is 2.30. The molecule has 0 amide bonds. The lowest BCUT2D eigenvalue weighted by molar-refractivity contribution is -0.383. The number of hydrogen-bond acceptors (Lipinski definition) is 10. The maximum atomic E-state index is 11.8. The van der Waals surface area contributed by atoms with E-state index in [1.807, 2.05) is 23.1 Å². The number of hydrogen-bond donors (Lipinski definition) is 1. The maximum absolute atomic E-state index is 11.8. The number of anilines is 4. The number of nitrogens with one attached hydrogen (secondary N) is 1. The summed E-state index contributed by atoms with van der Waals surface area (Å²) in [5, 5.41) is 18.4. The largest absolute Gasteiger partial charge is 0.360 e. The van der Waals surface area contributed by atoms with Gasteiger partial charge in [-0.1, -0.05) is 11.2 Å². The summed E-state index contributed by atoms with van der Waals surface area (Å²) >= 11 is 0. The van der Waals surface area contributed by atoms with Crippen molar-refractivity contribution in [3.8, 4) is 0 Å². The molecule has 28 heavy (non-hydrogen) atoms. The highest BCUT2D eigenvalue weighted by atomic mass is 16.6. The molecule has 3 aromatic heterocycles. The number of nitrogens with zero attached hydrogens (tertiary/aromatic N) is 7. The molecule has 0 unspecified atom stereocenters. The lowest BCUT2D eigenvalue weighted by atomic mass is 10.2.